The average molecular weight is 545 g/mol. The Morgan fingerprint density at radius 2 is 1.58 bits per heavy atom. The number of aliphatic hydroxyl groups is 1. The molecule has 188 valence electrons. The second kappa shape index (κ2) is 9.85. The van der Waals surface area contributed by atoms with Gasteiger partial charge in [-0.1, -0.05) is 23.7 Å². The third-order valence-electron chi connectivity index (χ3n) is 5.06. The van der Waals surface area contributed by atoms with Gasteiger partial charge in [-0.2, -0.15) is 18.4 Å². The van der Waals surface area contributed by atoms with Gasteiger partial charge in [0.25, 0.3) is 5.91 Å². The molecule has 0 aliphatic rings. The maximum absolute atomic E-state index is 13.6. The lowest BCUT2D eigenvalue weighted by atomic mass is 9.93. The first-order chi connectivity index (χ1) is 16.7. The topological polar surface area (TPSA) is 107 Å². The number of carbonyl (C=O) groups excluding carboxylic acids is 1. The molecule has 0 bridgehead atoms. The van der Waals surface area contributed by atoms with Crippen LogP contribution in [0.1, 0.15) is 16.7 Å². The normalized spacial score (nSPS) is 13.5. The highest BCUT2D eigenvalue weighted by atomic mass is 35.5. The van der Waals surface area contributed by atoms with E-state index in [1.165, 1.54) is 12.1 Å². The van der Waals surface area contributed by atoms with Crippen LogP contribution in [0.4, 0.5) is 27.6 Å². The van der Waals surface area contributed by atoms with Crippen LogP contribution in [0.3, 0.4) is 0 Å². The van der Waals surface area contributed by atoms with E-state index in [4.69, 9.17) is 16.9 Å². The molecule has 0 saturated carbocycles. The SMILES string of the molecule is N#Cc1ccc(NC(=O)C(O)(CS(=O)(=O)c2ccc(F)c(F)c2)c2ccc(C(F)(F)F)cc2)cc1Cl. The lowest BCUT2D eigenvalue weighted by Crippen LogP contribution is -2.46. The van der Waals surface area contributed by atoms with Gasteiger partial charge in [0.05, 0.1) is 26.8 Å². The molecule has 0 saturated heterocycles. The first-order valence-corrected chi connectivity index (χ1v) is 11.8. The van der Waals surface area contributed by atoms with Gasteiger partial charge < -0.3 is 10.4 Å². The predicted octanol–water partition coefficient (Wildman–Crippen LogP) is 4.81. The second-order valence-corrected chi connectivity index (χ2v) is 9.93. The number of sulfone groups is 1. The van der Waals surface area contributed by atoms with Crippen LogP contribution in [0, 0.1) is 23.0 Å². The summed E-state index contributed by atoms with van der Waals surface area (Å²) in [6, 6.07) is 9.46. The molecule has 0 aromatic heterocycles. The zero-order chi connectivity index (χ0) is 26.9. The van der Waals surface area contributed by atoms with E-state index in [9.17, 15) is 40.3 Å². The Morgan fingerprint density at radius 1 is 0.972 bits per heavy atom. The molecule has 36 heavy (non-hydrogen) atoms. The Balaban J connectivity index is 2.07. The third-order valence-corrected chi connectivity index (χ3v) is 7.14. The first-order valence-electron chi connectivity index (χ1n) is 9.76. The van der Waals surface area contributed by atoms with Crippen molar-refractivity contribution >= 4 is 33.0 Å². The number of carbonyl (C=O) groups is 1. The number of hydrogen-bond acceptors (Lipinski definition) is 5. The zero-order valence-corrected chi connectivity index (χ0v) is 19.3. The largest absolute Gasteiger partial charge is 0.416 e. The molecular weight excluding hydrogens is 531 g/mol. The summed E-state index contributed by atoms with van der Waals surface area (Å²) in [5, 5.41) is 22.4. The Bertz CT molecular complexity index is 1470. The molecule has 0 aliphatic carbocycles. The van der Waals surface area contributed by atoms with Crippen molar-refractivity contribution in [2.24, 2.45) is 0 Å². The van der Waals surface area contributed by atoms with E-state index in [0.717, 1.165) is 18.2 Å². The van der Waals surface area contributed by atoms with Crippen molar-refractivity contribution in [3.8, 4) is 6.07 Å². The summed E-state index contributed by atoms with van der Waals surface area (Å²) < 4.78 is 91.8. The summed E-state index contributed by atoms with van der Waals surface area (Å²) in [5.74, 6) is -5.67. The van der Waals surface area contributed by atoms with Crippen LogP contribution in [0.15, 0.2) is 65.6 Å². The fourth-order valence-corrected chi connectivity index (χ4v) is 4.96. The number of halogens is 6. The number of nitriles is 1. The Morgan fingerprint density at radius 3 is 2.11 bits per heavy atom. The molecule has 1 atom stereocenters. The standard InChI is InChI=1S/C23H14ClF5N2O4S/c24-18-9-16(6-1-13(18)11-30)31-21(32)22(33,14-2-4-15(5-3-14)23(27,28)29)12-36(34,35)17-7-8-19(25)20(26)10-17/h1-10,33H,12H2,(H,31,32). The molecular formula is C23H14ClF5N2O4S. The molecule has 1 unspecified atom stereocenters. The number of rotatable bonds is 6. The van der Waals surface area contributed by atoms with Gasteiger partial charge in [-0.05, 0) is 54.1 Å². The van der Waals surface area contributed by atoms with E-state index < -0.39 is 60.9 Å². The maximum Gasteiger partial charge on any atom is 0.416 e. The number of amides is 1. The monoisotopic (exact) mass is 544 g/mol. The van der Waals surface area contributed by atoms with Crippen molar-refractivity contribution in [1.82, 2.24) is 0 Å². The number of nitrogens with zero attached hydrogens (tertiary/aromatic N) is 1. The molecule has 0 radical (unpaired) electrons. The van der Waals surface area contributed by atoms with Crippen LogP contribution in [0.2, 0.25) is 5.02 Å². The molecule has 0 aliphatic heterocycles. The van der Waals surface area contributed by atoms with Crippen LogP contribution >= 0.6 is 11.6 Å². The van der Waals surface area contributed by atoms with Gasteiger partial charge in [0, 0.05) is 5.69 Å². The summed E-state index contributed by atoms with van der Waals surface area (Å²) in [5.41, 5.74) is -4.67. The lowest BCUT2D eigenvalue weighted by Gasteiger charge is -2.28. The van der Waals surface area contributed by atoms with E-state index in [1.807, 2.05) is 0 Å². The highest BCUT2D eigenvalue weighted by molar-refractivity contribution is 7.91. The molecule has 3 aromatic carbocycles. The maximum atomic E-state index is 13.6. The number of hydrogen-bond donors (Lipinski definition) is 2. The molecule has 1 amide bonds. The van der Waals surface area contributed by atoms with Crippen molar-refractivity contribution in [3.63, 3.8) is 0 Å². The van der Waals surface area contributed by atoms with Gasteiger partial charge in [-0.15, -0.1) is 0 Å². The van der Waals surface area contributed by atoms with Crippen LogP contribution in [0.5, 0.6) is 0 Å². The first kappa shape index (κ1) is 27.1. The molecule has 3 aromatic rings. The van der Waals surface area contributed by atoms with Gasteiger partial charge in [-0.25, -0.2) is 17.2 Å². The average Bonchev–Trinajstić information content (AvgIpc) is 2.80. The molecule has 13 heteroatoms. The zero-order valence-electron chi connectivity index (χ0n) is 17.8. The minimum Gasteiger partial charge on any atom is -0.374 e. The van der Waals surface area contributed by atoms with Crippen LogP contribution in [0.25, 0.3) is 0 Å². The van der Waals surface area contributed by atoms with Crippen LogP contribution in [-0.2, 0) is 26.4 Å². The minimum absolute atomic E-state index is 0.0496. The van der Waals surface area contributed by atoms with E-state index in [2.05, 4.69) is 5.32 Å². The van der Waals surface area contributed by atoms with Crippen LogP contribution < -0.4 is 5.32 Å². The van der Waals surface area contributed by atoms with Gasteiger partial charge in [-0.3, -0.25) is 4.79 Å². The molecule has 3 rings (SSSR count). The van der Waals surface area contributed by atoms with E-state index in [1.54, 1.807) is 6.07 Å². The highest BCUT2D eigenvalue weighted by Crippen LogP contribution is 2.33. The second-order valence-electron chi connectivity index (χ2n) is 7.53. The van der Waals surface area contributed by atoms with Crippen molar-refractivity contribution in [2.75, 3.05) is 11.1 Å². The van der Waals surface area contributed by atoms with Gasteiger partial charge in [0.2, 0.25) is 0 Å². The van der Waals surface area contributed by atoms with Crippen LogP contribution in [-0.4, -0.2) is 25.2 Å². The van der Waals surface area contributed by atoms with Crippen molar-refractivity contribution in [1.29, 1.82) is 5.26 Å². The highest BCUT2D eigenvalue weighted by Gasteiger charge is 2.44. The summed E-state index contributed by atoms with van der Waals surface area (Å²) in [6.45, 7) is 0. The fraction of sp³-hybridized carbons (Fsp3) is 0.130. The van der Waals surface area contributed by atoms with E-state index in [-0.39, 0.29) is 16.3 Å². The lowest BCUT2D eigenvalue weighted by molar-refractivity contribution is -0.137. The Kier molecular flexibility index (Phi) is 7.40. The molecule has 0 heterocycles. The molecule has 0 fully saturated rings. The molecule has 6 nitrogen and oxygen atoms in total. The van der Waals surface area contributed by atoms with E-state index in [0.29, 0.717) is 30.3 Å². The summed E-state index contributed by atoms with van der Waals surface area (Å²) >= 11 is 5.91. The minimum atomic E-state index is -4.75. The number of alkyl halides is 3. The van der Waals surface area contributed by atoms with Crippen molar-refractivity contribution in [3.05, 3.63) is 94.0 Å². The molecule has 0 spiro atoms. The smallest absolute Gasteiger partial charge is 0.374 e. The number of nitrogens with one attached hydrogen (secondary N) is 1. The predicted molar refractivity (Wildman–Crippen MR) is 119 cm³/mol. The Labute approximate surface area is 206 Å². The Hall–Kier alpha value is -3.53. The number of benzene rings is 3. The van der Waals surface area contributed by atoms with Gasteiger partial charge in [0.1, 0.15) is 6.07 Å². The fourth-order valence-electron chi connectivity index (χ4n) is 3.16. The number of anilines is 1. The summed E-state index contributed by atoms with van der Waals surface area (Å²) in [4.78, 5) is 12.3. The van der Waals surface area contributed by atoms with Crippen molar-refractivity contribution < 1.29 is 40.3 Å². The van der Waals surface area contributed by atoms with Gasteiger partial charge in [0.15, 0.2) is 27.1 Å². The van der Waals surface area contributed by atoms with Crippen molar-refractivity contribution in [2.45, 2.75) is 16.7 Å². The summed E-state index contributed by atoms with van der Waals surface area (Å²) in [6.07, 6.45) is -4.75. The summed E-state index contributed by atoms with van der Waals surface area (Å²) in [7, 11) is -4.71. The van der Waals surface area contributed by atoms with Gasteiger partial charge >= 0.3 is 6.18 Å². The van der Waals surface area contributed by atoms with E-state index >= 15 is 0 Å². The third kappa shape index (κ3) is 5.64. The molecule has 2 N–H and O–H groups in total. The quantitative estimate of drug-likeness (QED) is 0.342.